The van der Waals surface area contributed by atoms with Gasteiger partial charge in [-0.2, -0.15) is 11.3 Å². The molecule has 1 atom stereocenters. The molecule has 0 spiro atoms. The van der Waals surface area contributed by atoms with Crippen molar-refractivity contribution >= 4 is 22.7 Å². The molecule has 0 saturated heterocycles. The Bertz CT molecular complexity index is 378. The second-order valence-electron chi connectivity index (χ2n) is 3.87. The van der Waals surface area contributed by atoms with Crippen LogP contribution in [-0.4, -0.2) is 0 Å². The second kappa shape index (κ2) is 6.18. The highest BCUT2D eigenvalue weighted by Gasteiger charge is 2.10. The van der Waals surface area contributed by atoms with E-state index in [1.165, 1.54) is 23.3 Å². The number of nitrogens with one attached hydrogen (secondary N) is 1. The molecule has 0 aliphatic rings. The van der Waals surface area contributed by atoms with Gasteiger partial charge >= 0.3 is 0 Å². The van der Waals surface area contributed by atoms with Gasteiger partial charge in [-0.15, -0.1) is 11.3 Å². The molecule has 2 rings (SSSR count). The van der Waals surface area contributed by atoms with E-state index >= 15 is 0 Å². The lowest BCUT2D eigenvalue weighted by Crippen LogP contribution is -2.19. The second-order valence-corrected chi connectivity index (χ2v) is 5.63. The van der Waals surface area contributed by atoms with Crippen molar-refractivity contribution in [2.75, 3.05) is 0 Å². The predicted octanol–water partition coefficient (Wildman–Crippen LogP) is 4.44. The topological polar surface area (TPSA) is 12.0 Å². The first-order chi connectivity index (χ1) is 7.90. The van der Waals surface area contributed by atoms with Crippen LogP contribution in [0.5, 0.6) is 0 Å². The minimum absolute atomic E-state index is 0.518. The van der Waals surface area contributed by atoms with Crippen molar-refractivity contribution in [2.45, 2.75) is 32.4 Å². The Hall–Kier alpha value is -0.640. The molecule has 2 aromatic rings. The zero-order chi connectivity index (χ0) is 11.2. The van der Waals surface area contributed by atoms with E-state index in [9.17, 15) is 0 Å². The van der Waals surface area contributed by atoms with Gasteiger partial charge in [-0.1, -0.05) is 19.4 Å². The Morgan fingerprint density at radius 2 is 2.25 bits per heavy atom. The molecule has 0 fully saturated rings. The Morgan fingerprint density at radius 1 is 1.31 bits per heavy atom. The molecule has 0 aliphatic carbocycles. The van der Waals surface area contributed by atoms with Gasteiger partial charge in [-0.3, -0.25) is 0 Å². The van der Waals surface area contributed by atoms with Gasteiger partial charge in [0.25, 0.3) is 0 Å². The summed E-state index contributed by atoms with van der Waals surface area (Å²) >= 11 is 3.61. The zero-order valence-electron chi connectivity index (χ0n) is 9.48. The van der Waals surface area contributed by atoms with Crippen LogP contribution in [-0.2, 0) is 6.54 Å². The van der Waals surface area contributed by atoms with Crippen molar-refractivity contribution in [1.82, 2.24) is 5.32 Å². The fourth-order valence-electron chi connectivity index (χ4n) is 1.76. The van der Waals surface area contributed by atoms with E-state index in [0.29, 0.717) is 6.04 Å². The van der Waals surface area contributed by atoms with Gasteiger partial charge in [0.15, 0.2) is 0 Å². The number of rotatable bonds is 6. The summed E-state index contributed by atoms with van der Waals surface area (Å²) in [6, 6.07) is 7.07. The highest BCUT2D eigenvalue weighted by Crippen LogP contribution is 2.23. The maximum atomic E-state index is 3.64. The van der Waals surface area contributed by atoms with E-state index in [1.807, 2.05) is 11.3 Å². The summed E-state index contributed by atoms with van der Waals surface area (Å²) in [5.41, 5.74) is 1.39. The van der Waals surface area contributed by atoms with Crippen LogP contribution in [0.15, 0.2) is 34.3 Å². The van der Waals surface area contributed by atoms with Gasteiger partial charge < -0.3 is 5.32 Å². The third kappa shape index (κ3) is 3.17. The summed E-state index contributed by atoms with van der Waals surface area (Å²) in [6.07, 6.45) is 2.43. The average Bonchev–Trinajstić information content (AvgIpc) is 2.96. The summed E-state index contributed by atoms with van der Waals surface area (Å²) in [6.45, 7) is 3.22. The minimum Gasteiger partial charge on any atom is -0.305 e. The molecule has 0 aromatic carbocycles. The van der Waals surface area contributed by atoms with Crippen molar-refractivity contribution in [1.29, 1.82) is 0 Å². The molecule has 0 aliphatic heterocycles. The quantitative estimate of drug-likeness (QED) is 0.800. The van der Waals surface area contributed by atoms with E-state index in [0.717, 1.165) is 6.54 Å². The average molecular weight is 251 g/mol. The van der Waals surface area contributed by atoms with Gasteiger partial charge in [0.1, 0.15) is 0 Å². The lowest BCUT2D eigenvalue weighted by molar-refractivity contribution is 0.501. The van der Waals surface area contributed by atoms with Crippen LogP contribution in [0, 0.1) is 0 Å². The van der Waals surface area contributed by atoms with Crippen molar-refractivity contribution < 1.29 is 0 Å². The number of thiophene rings is 2. The largest absolute Gasteiger partial charge is 0.305 e. The molecular weight excluding hydrogens is 234 g/mol. The van der Waals surface area contributed by atoms with Crippen LogP contribution in [0.25, 0.3) is 0 Å². The molecule has 16 heavy (non-hydrogen) atoms. The molecular formula is C13H17NS2. The Labute approximate surface area is 105 Å². The third-order valence-corrected chi connectivity index (χ3v) is 4.31. The molecule has 86 valence electrons. The Balaban J connectivity index is 1.93. The molecule has 0 amide bonds. The van der Waals surface area contributed by atoms with Gasteiger partial charge in [-0.05, 0) is 40.3 Å². The molecule has 0 radical (unpaired) electrons. The minimum atomic E-state index is 0.518. The standard InChI is InChI=1S/C13H17NS2/c1-2-4-12(13-5-3-7-16-13)14-9-11-6-8-15-10-11/h3,5-8,10,12,14H,2,4,9H2,1H3. The molecule has 3 heteroatoms. The maximum absolute atomic E-state index is 3.64. The maximum Gasteiger partial charge on any atom is 0.0417 e. The van der Waals surface area contributed by atoms with Gasteiger partial charge in [0.2, 0.25) is 0 Å². The van der Waals surface area contributed by atoms with Crippen LogP contribution in [0.1, 0.15) is 36.2 Å². The normalized spacial score (nSPS) is 12.8. The molecule has 2 heterocycles. The fourth-order valence-corrected chi connectivity index (χ4v) is 3.26. The van der Waals surface area contributed by atoms with Crippen LogP contribution < -0.4 is 5.32 Å². The van der Waals surface area contributed by atoms with E-state index in [1.54, 1.807) is 11.3 Å². The predicted molar refractivity (Wildman–Crippen MR) is 73.1 cm³/mol. The van der Waals surface area contributed by atoms with Crippen molar-refractivity contribution in [3.8, 4) is 0 Å². The number of hydrogen-bond acceptors (Lipinski definition) is 3. The van der Waals surface area contributed by atoms with Crippen molar-refractivity contribution in [3.63, 3.8) is 0 Å². The lowest BCUT2D eigenvalue weighted by Gasteiger charge is -2.16. The highest BCUT2D eigenvalue weighted by atomic mass is 32.1. The smallest absolute Gasteiger partial charge is 0.0417 e. The summed E-state index contributed by atoms with van der Waals surface area (Å²) in [7, 11) is 0. The molecule has 0 bridgehead atoms. The van der Waals surface area contributed by atoms with E-state index < -0.39 is 0 Å². The summed E-state index contributed by atoms with van der Waals surface area (Å²) in [5, 5.41) is 10.1. The first kappa shape index (κ1) is 11.8. The summed E-state index contributed by atoms with van der Waals surface area (Å²) < 4.78 is 0. The first-order valence-corrected chi connectivity index (χ1v) is 7.50. The van der Waals surface area contributed by atoms with Crippen molar-refractivity contribution in [3.05, 3.63) is 44.8 Å². The molecule has 1 unspecified atom stereocenters. The Kier molecular flexibility index (Phi) is 4.57. The zero-order valence-corrected chi connectivity index (χ0v) is 11.1. The van der Waals surface area contributed by atoms with E-state index in [4.69, 9.17) is 0 Å². The van der Waals surface area contributed by atoms with Crippen molar-refractivity contribution in [2.24, 2.45) is 0 Å². The van der Waals surface area contributed by atoms with Crippen LogP contribution in [0.4, 0.5) is 0 Å². The SMILES string of the molecule is CCCC(NCc1ccsc1)c1cccs1. The molecule has 1 nitrogen and oxygen atoms in total. The summed E-state index contributed by atoms with van der Waals surface area (Å²) in [5.74, 6) is 0. The fraction of sp³-hybridized carbons (Fsp3) is 0.385. The monoisotopic (exact) mass is 251 g/mol. The van der Waals surface area contributed by atoms with Crippen LogP contribution in [0.3, 0.4) is 0 Å². The molecule has 2 aromatic heterocycles. The van der Waals surface area contributed by atoms with Gasteiger partial charge in [0.05, 0.1) is 0 Å². The first-order valence-electron chi connectivity index (χ1n) is 5.68. The van der Waals surface area contributed by atoms with Crippen LogP contribution in [0.2, 0.25) is 0 Å². The highest BCUT2D eigenvalue weighted by molar-refractivity contribution is 7.10. The van der Waals surface area contributed by atoms with Crippen LogP contribution >= 0.6 is 22.7 Å². The van der Waals surface area contributed by atoms with Gasteiger partial charge in [0, 0.05) is 17.5 Å². The van der Waals surface area contributed by atoms with E-state index in [2.05, 4.69) is 46.6 Å². The lowest BCUT2D eigenvalue weighted by atomic mass is 10.1. The van der Waals surface area contributed by atoms with Gasteiger partial charge in [-0.25, -0.2) is 0 Å². The molecule has 0 saturated carbocycles. The number of hydrogen-bond donors (Lipinski definition) is 1. The molecule has 1 N–H and O–H groups in total. The third-order valence-electron chi connectivity index (χ3n) is 2.60. The summed E-state index contributed by atoms with van der Waals surface area (Å²) in [4.78, 5) is 1.46. The van der Waals surface area contributed by atoms with E-state index in [-0.39, 0.29) is 0 Å². The Morgan fingerprint density at radius 3 is 2.88 bits per heavy atom.